The van der Waals surface area contributed by atoms with Crippen molar-refractivity contribution in [1.82, 2.24) is 10.6 Å². The smallest absolute Gasteiger partial charge is 0.326 e. The molecule has 0 saturated carbocycles. The second-order valence-electron chi connectivity index (χ2n) is 5.17. The fraction of sp³-hybridized carbons (Fsp3) is 0.615. The molecule has 0 spiro atoms. The number of hydrogen-bond donors (Lipinski definition) is 6. The fourth-order valence-electron chi connectivity index (χ4n) is 1.64. The van der Waals surface area contributed by atoms with Gasteiger partial charge >= 0.3 is 11.9 Å². The van der Waals surface area contributed by atoms with Crippen LogP contribution in [0.4, 0.5) is 0 Å². The molecule has 0 aromatic carbocycles. The highest BCUT2D eigenvalue weighted by molar-refractivity contribution is 5.91. The van der Waals surface area contributed by atoms with Gasteiger partial charge in [0, 0.05) is 12.8 Å². The molecule has 8 N–H and O–H groups in total. The van der Waals surface area contributed by atoms with Gasteiger partial charge in [0.2, 0.25) is 17.7 Å². The Morgan fingerprint density at radius 2 is 1.54 bits per heavy atom. The summed E-state index contributed by atoms with van der Waals surface area (Å²) in [6.45, 7) is 1.31. The van der Waals surface area contributed by atoms with Gasteiger partial charge in [-0.1, -0.05) is 0 Å². The van der Waals surface area contributed by atoms with Gasteiger partial charge in [0.25, 0.3) is 0 Å². The predicted octanol–water partition coefficient (Wildman–Crippen LogP) is -2.48. The Bertz CT molecular complexity index is 509. The topological polar surface area (TPSA) is 202 Å². The van der Waals surface area contributed by atoms with Crippen LogP contribution in [-0.2, 0) is 24.0 Å². The molecule has 3 unspecified atom stereocenters. The first-order valence-corrected chi connectivity index (χ1v) is 7.13. The van der Waals surface area contributed by atoms with Crippen molar-refractivity contribution >= 4 is 29.7 Å². The van der Waals surface area contributed by atoms with Crippen LogP contribution in [0.2, 0.25) is 0 Å². The zero-order valence-corrected chi connectivity index (χ0v) is 13.2. The van der Waals surface area contributed by atoms with Gasteiger partial charge in [-0.3, -0.25) is 19.2 Å². The van der Waals surface area contributed by atoms with Crippen LogP contribution in [0.5, 0.6) is 0 Å². The van der Waals surface area contributed by atoms with Gasteiger partial charge in [-0.2, -0.15) is 0 Å². The number of hydrogen-bond acceptors (Lipinski definition) is 6. The quantitative estimate of drug-likeness (QED) is 0.236. The van der Waals surface area contributed by atoms with E-state index in [1.807, 2.05) is 0 Å². The molecule has 0 aliphatic rings. The lowest BCUT2D eigenvalue weighted by Crippen LogP contribution is -2.53. The number of amides is 3. The van der Waals surface area contributed by atoms with Gasteiger partial charge < -0.3 is 32.3 Å². The molecule has 0 heterocycles. The van der Waals surface area contributed by atoms with Crippen molar-refractivity contribution in [3.05, 3.63) is 0 Å². The summed E-state index contributed by atoms with van der Waals surface area (Å²) >= 11 is 0. The van der Waals surface area contributed by atoms with E-state index < -0.39 is 47.8 Å². The average molecular weight is 346 g/mol. The third-order valence-electron chi connectivity index (χ3n) is 3.05. The molecule has 11 heteroatoms. The number of carbonyl (C=O) groups is 5. The minimum absolute atomic E-state index is 0.105. The largest absolute Gasteiger partial charge is 0.481 e. The predicted molar refractivity (Wildman–Crippen MR) is 80.4 cm³/mol. The zero-order chi connectivity index (χ0) is 18.9. The number of nitrogens with one attached hydrogen (secondary N) is 2. The molecule has 0 rings (SSSR count). The van der Waals surface area contributed by atoms with Crippen LogP contribution in [-0.4, -0.2) is 58.0 Å². The summed E-state index contributed by atoms with van der Waals surface area (Å²) in [5.74, 6) is -4.68. The molecule has 3 atom stereocenters. The van der Waals surface area contributed by atoms with Gasteiger partial charge in [-0.05, 0) is 19.8 Å². The van der Waals surface area contributed by atoms with Crippen molar-refractivity contribution in [2.75, 3.05) is 0 Å². The van der Waals surface area contributed by atoms with E-state index in [9.17, 15) is 24.0 Å². The second kappa shape index (κ2) is 10.2. The number of aliphatic carboxylic acids is 2. The molecule has 3 amide bonds. The SMILES string of the molecule is CC(NC(=O)C(N)CCC(=O)O)C(=O)NC(CCC(N)=O)C(=O)O. The molecular weight excluding hydrogens is 324 g/mol. The Hall–Kier alpha value is -2.69. The third kappa shape index (κ3) is 8.68. The molecule has 0 saturated heterocycles. The molecule has 0 radical (unpaired) electrons. The highest BCUT2D eigenvalue weighted by atomic mass is 16.4. The maximum Gasteiger partial charge on any atom is 0.326 e. The minimum atomic E-state index is -1.35. The summed E-state index contributed by atoms with van der Waals surface area (Å²) in [6.07, 6.45) is -0.817. The highest BCUT2D eigenvalue weighted by Gasteiger charge is 2.25. The number of carboxylic acid groups (broad SMARTS) is 2. The van der Waals surface area contributed by atoms with Crippen molar-refractivity contribution < 1.29 is 34.2 Å². The van der Waals surface area contributed by atoms with E-state index in [0.29, 0.717) is 0 Å². The van der Waals surface area contributed by atoms with Crippen LogP contribution in [0.1, 0.15) is 32.6 Å². The van der Waals surface area contributed by atoms with E-state index in [4.69, 9.17) is 21.7 Å². The molecule has 0 aliphatic carbocycles. The van der Waals surface area contributed by atoms with Crippen LogP contribution in [0.15, 0.2) is 0 Å². The highest BCUT2D eigenvalue weighted by Crippen LogP contribution is 2.00. The van der Waals surface area contributed by atoms with Gasteiger partial charge in [0.05, 0.1) is 6.04 Å². The van der Waals surface area contributed by atoms with E-state index >= 15 is 0 Å². The normalized spacial score (nSPS) is 14.1. The van der Waals surface area contributed by atoms with Crippen molar-refractivity contribution in [1.29, 1.82) is 0 Å². The number of carbonyl (C=O) groups excluding carboxylic acids is 3. The summed E-state index contributed by atoms with van der Waals surface area (Å²) in [6, 6.07) is -3.53. The standard InChI is InChI=1S/C13H22N4O7/c1-6(16-12(22)7(14)2-5-10(19)20)11(21)17-8(13(23)24)3-4-9(15)18/h6-8H,2-5,14H2,1H3,(H2,15,18)(H,16,22)(H,17,21)(H,19,20)(H,23,24). The third-order valence-corrected chi connectivity index (χ3v) is 3.05. The Kier molecular flexibility index (Phi) is 9.02. The van der Waals surface area contributed by atoms with Gasteiger partial charge in [-0.15, -0.1) is 0 Å². The summed E-state index contributed by atoms with van der Waals surface area (Å²) in [5, 5.41) is 21.9. The molecule has 24 heavy (non-hydrogen) atoms. The minimum Gasteiger partial charge on any atom is -0.481 e. The van der Waals surface area contributed by atoms with Crippen molar-refractivity contribution in [2.24, 2.45) is 11.5 Å². The van der Waals surface area contributed by atoms with E-state index in [-0.39, 0.29) is 25.7 Å². The zero-order valence-electron chi connectivity index (χ0n) is 13.2. The van der Waals surface area contributed by atoms with Crippen molar-refractivity contribution in [3.8, 4) is 0 Å². The molecule has 11 nitrogen and oxygen atoms in total. The van der Waals surface area contributed by atoms with E-state index in [1.54, 1.807) is 0 Å². The molecular formula is C13H22N4O7. The first-order chi connectivity index (χ1) is 11.0. The molecule has 0 aliphatic heterocycles. The maximum atomic E-state index is 11.9. The molecule has 0 aromatic rings. The summed E-state index contributed by atoms with van der Waals surface area (Å²) in [5.41, 5.74) is 10.4. The van der Waals surface area contributed by atoms with Gasteiger partial charge in [0.1, 0.15) is 12.1 Å². The van der Waals surface area contributed by atoms with Crippen LogP contribution in [0.3, 0.4) is 0 Å². The van der Waals surface area contributed by atoms with Gasteiger partial charge in [0.15, 0.2) is 0 Å². The van der Waals surface area contributed by atoms with Crippen LogP contribution in [0.25, 0.3) is 0 Å². The van der Waals surface area contributed by atoms with Crippen molar-refractivity contribution in [2.45, 2.75) is 50.7 Å². The number of carboxylic acids is 2. The lowest BCUT2D eigenvalue weighted by Gasteiger charge is -2.19. The molecule has 0 fully saturated rings. The van der Waals surface area contributed by atoms with E-state index in [0.717, 1.165) is 0 Å². The Labute approximate surface area is 137 Å². The molecule has 136 valence electrons. The van der Waals surface area contributed by atoms with E-state index in [1.165, 1.54) is 6.92 Å². The number of primary amides is 1. The first kappa shape index (κ1) is 21.3. The van der Waals surface area contributed by atoms with Gasteiger partial charge in [-0.25, -0.2) is 4.79 Å². The lowest BCUT2D eigenvalue weighted by atomic mass is 10.1. The van der Waals surface area contributed by atoms with Crippen molar-refractivity contribution in [3.63, 3.8) is 0 Å². The monoisotopic (exact) mass is 346 g/mol. The second-order valence-corrected chi connectivity index (χ2v) is 5.17. The Morgan fingerprint density at radius 1 is 0.958 bits per heavy atom. The van der Waals surface area contributed by atoms with Crippen LogP contribution >= 0.6 is 0 Å². The molecule has 0 aromatic heterocycles. The summed E-state index contributed by atoms with van der Waals surface area (Å²) in [7, 11) is 0. The first-order valence-electron chi connectivity index (χ1n) is 7.13. The summed E-state index contributed by atoms with van der Waals surface area (Å²) in [4.78, 5) is 55.7. The average Bonchev–Trinajstić information content (AvgIpc) is 2.47. The van der Waals surface area contributed by atoms with E-state index in [2.05, 4.69) is 10.6 Å². The lowest BCUT2D eigenvalue weighted by molar-refractivity contribution is -0.142. The Morgan fingerprint density at radius 3 is 2.00 bits per heavy atom. The Balaban J connectivity index is 4.51. The van der Waals surface area contributed by atoms with Crippen LogP contribution < -0.4 is 22.1 Å². The maximum absolute atomic E-state index is 11.9. The molecule has 0 bridgehead atoms. The number of rotatable bonds is 11. The summed E-state index contributed by atoms with van der Waals surface area (Å²) < 4.78 is 0. The fourth-order valence-corrected chi connectivity index (χ4v) is 1.64. The number of nitrogens with two attached hydrogens (primary N) is 2. The van der Waals surface area contributed by atoms with Crippen LogP contribution in [0, 0.1) is 0 Å².